The van der Waals surface area contributed by atoms with Crippen molar-refractivity contribution in [3.05, 3.63) is 211 Å². The molecule has 0 aliphatic carbocycles. The van der Waals surface area contributed by atoms with Crippen LogP contribution in [0.3, 0.4) is 0 Å². The number of aryl methyl sites for hydroxylation is 14. The van der Waals surface area contributed by atoms with Gasteiger partial charge in [-0.1, -0.05) is 195 Å². The van der Waals surface area contributed by atoms with Crippen LogP contribution in [0, 0.1) is 69.1 Å². The maximum Gasteiger partial charge on any atom is 0.212 e. The van der Waals surface area contributed by atoms with E-state index in [4.69, 9.17) is 8.22 Å². The zero-order valence-electron chi connectivity index (χ0n) is 73.8. The number of hydrogen-bond donors (Lipinski definition) is 0. The summed E-state index contributed by atoms with van der Waals surface area (Å²) in [5, 5.41) is 0. The van der Waals surface area contributed by atoms with Gasteiger partial charge in [0.05, 0.1) is 0 Å². The predicted molar refractivity (Wildman–Crippen MR) is 427 cm³/mol. The summed E-state index contributed by atoms with van der Waals surface area (Å²) < 4.78 is 55.0. The van der Waals surface area contributed by atoms with Gasteiger partial charge in [0.2, 0.25) is 22.8 Å². The van der Waals surface area contributed by atoms with Gasteiger partial charge in [0.1, 0.15) is 28.2 Å². The Kier molecular flexibility index (Phi) is 25.4. The van der Waals surface area contributed by atoms with Crippen LogP contribution in [0.4, 0.5) is 0 Å². The lowest BCUT2D eigenvalue weighted by atomic mass is 9.68. The summed E-state index contributed by atoms with van der Waals surface area (Å²) in [5.74, 6) is 0. The van der Waals surface area contributed by atoms with Crippen LogP contribution in [-0.4, -0.2) is 0 Å². The highest BCUT2D eigenvalue weighted by Gasteiger charge is 2.39. The minimum atomic E-state index is -2.08. The molecule has 0 radical (unpaired) electrons. The largest absolute Gasteiger partial charge is 0.212 e. The monoisotopic (exact) mass is 1330 g/mol. The van der Waals surface area contributed by atoms with Crippen LogP contribution in [0.15, 0.2) is 122 Å². The van der Waals surface area contributed by atoms with E-state index in [1.165, 1.54) is 122 Å². The van der Waals surface area contributed by atoms with Gasteiger partial charge in [-0.2, -0.15) is 0 Å². The number of pyridine rings is 4. The molecular formula is C94H140N4+4. The second-order valence-electron chi connectivity index (χ2n) is 31.2. The van der Waals surface area contributed by atoms with Gasteiger partial charge in [-0.15, -0.1) is 0 Å². The normalized spacial score (nSPS) is 13.3. The summed E-state index contributed by atoms with van der Waals surface area (Å²) in [5.41, 5.74) is 30.5. The van der Waals surface area contributed by atoms with Crippen LogP contribution in [-0.2, 0) is 60.7 Å². The first-order valence-electron chi connectivity index (χ1n) is 40.9. The number of hydrogen-bond acceptors (Lipinski definition) is 0. The molecule has 0 aliphatic rings. The lowest BCUT2D eigenvalue weighted by molar-refractivity contribution is -0.661. The molecule has 4 heterocycles. The fourth-order valence-electron chi connectivity index (χ4n) is 15.0. The Morgan fingerprint density at radius 3 is 0.663 bits per heavy atom. The quantitative estimate of drug-likeness (QED) is 0.0601. The van der Waals surface area contributed by atoms with Crippen LogP contribution < -0.4 is 18.3 Å². The van der Waals surface area contributed by atoms with Gasteiger partial charge >= 0.3 is 0 Å². The van der Waals surface area contributed by atoms with Crippen molar-refractivity contribution in [3.63, 3.8) is 0 Å². The Morgan fingerprint density at radius 2 is 0.439 bits per heavy atom. The van der Waals surface area contributed by atoms with Gasteiger partial charge in [-0.05, 0) is 247 Å². The van der Waals surface area contributed by atoms with Crippen LogP contribution in [0.5, 0.6) is 0 Å². The second-order valence-corrected chi connectivity index (χ2v) is 31.2. The number of aromatic nitrogens is 4. The molecule has 0 fully saturated rings. The molecule has 8 aromatic rings. The highest BCUT2D eigenvalue weighted by atomic mass is 14.9. The molecule has 4 heteroatoms. The van der Waals surface area contributed by atoms with Crippen molar-refractivity contribution in [1.82, 2.24) is 0 Å². The minimum Gasteiger partial charge on any atom is -0.201 e. The molecule has 0 atom stereocenters. The first kappa shape index (κ1) is 72.7. The third-order valence-electron chi connectivity index (χ3n) is 25.1. The van der Waals surface area contributed by atoms with E-state index in [0.29, 0.717) is 11.1 Å². The van der Waals surface area contributed by atoms with Crippen LogP contribution in [0.1, 0.15) is 299 Å². The molecule has 0 saturated heterocycles. The molecule has 0 unspecified atom stereocenters. The number of benzene rings is 4. The van der Waals surface area contributed by atoms with E-state index >= 15 is 0 Å². The standard InChI is InChI=1S/2C26H40N.2C21H30N/c2*1-10-25(7,11-2)22-17-24(21-15-14-19(5)16-20(21)6)27(9)18-23(22)26(8,12-3)13-4;2*1-8-21(6,9-2)19-14-22(7)20(13-17(19)5)18-11-10-15(3)12-16(18)4/h2*14-18H,10-13H2,1-9H3;2*10-14H,8-9H2,1-7H3/q4*+1/i5D3;;3D3;. The minimum absolute atomic E-state index is 0.108. The lowest BCUT2D eigenvalue weighted by Gasteiger charge is -2.36. The Morgan fingerprint density at radius 1 is 0.245 bits per heavy atom. The molecule has 98 heavy (non-hydrogen) atoms. The third kappa shape index (κ3) is 18.0. The van der Waals surface area contributed by atoms with Crippen molar-refractivity contribution >= 4 is 0 Å². The zero-order chi connectivity index (χ0) is 78.8. The van der Waals surface area contributed by atoms with Gasteiger partial charge in [0, 0.05) is 77.0 Å². The molecule has 0 bridgehead atoms. The average Bonchev–Trinajstić information content (AvgIpc) is 0.760. The molecule has 4 nitrogen and oxygen atoms in total. The summed E-state index contributed by atoms with van der Waals surface area (Å²) in [7, 11) is 8.56. The average molecular weight is 1330 g/mol. The van der Waals surface area contributed by atoms with E-state index in [0.717, 1.165) is 72.2 Å². The molecule has 0 aliphatic heterocycles. The molecule has 0 amide bonds. The summed E-state index contributed by atoms with van der Waals surface area (Å²) in [6, 6.07) is 34.0. The number of rotatable bonds is 22. The molecule has 0 N–H and O–H groups in total. The first-order chi connectivity index (χ1) is 48.4. The molecule has 4 aromatic carbocycles. The van der Waals surface area contributed by atoms with Crippen molar-refractivity contribution in [3.8, 4) is 45.0 Å². The maximum atomic E-state index is 7.72. The van der Waals surface area contributed by atoms with E-state index in [9.17, 15) is 0 Å². The Labute approximate surface area is 610 Å². The molecule has 0 spiro atoms. The van der Waals surface area contributed by atoms with Crippen LogP contribution >= 0.6 is 0 Å². The molecule has 532 valence electrons. The van der Waals surface area contributed by atoms with E-state index in [1.54, 1.807) is 23.8 Å². The fourth-order valence-corrected chi connectivity index (χ4v) is 15.0. The number of nitrogens with zero attached hydrogens (tertiary/aromatic N) is 4. The van der Waals surface area contributed by atoms with Gasteiger partial charge in [0.15, 0.2) is 24.8 Å². The summed E-state index contributed by atoms with van der Waals surface area (Å²) >= 11 is 0. The van der Waals surface area contributed by atoms with E-state index in [1.807, 2.05) is 32.0 Å². The zero-order valence-corrected chi connectivity index (χ0v) is 67.8. The van der Waals surface area contributed by atoms with Crippen LogP contribution in [0.25, 0.3) is 45.0 Å². The predicted octanol–water partition coefficient (Wildman–Crippen LogP) is 24.3. The smallest absolute Gasteiger partial charge is 0.201 e. The highest BCUT2D eigenvalue weighted by molar-refractivity contribution is 5.66. The summed E-state index contributed by atoms with van der Waals surface area (Å²) in [6.07, 6.45) is 23.0. The maximum absolute atomic E-state index is 7.72. The van der Waals surface area contributed by atoms with Gasteiger partial charge in [-0.3, -0.25) is 0 Å². The molecule has 8 rings (SSSR count). The van der Waals surface area contributed by atoms with Gasteiger partial charge in [0.25, 0.3) is 0 Å². The topological polar surface area (TPSA) is 15.5 Å². The Balaban J connectivity index is 0.000000251. The third-order valence-corrected chi connectivity index (χ3v) is 25.1. The van der Waals surface area contributed by atoms with Gasteiger partial charge < -0.3 is 0 Å². The van der Waals surface area contributed by atoms with Crippen molar-refractivity contribution in [2.45, 2.75) is 303 Å². The lowest BCUT2D eigenvalue weighted by Crippen LogP contribution is -2.38. The van der Waals surface area contributed by atoms with E-state index < -0.39 is 13.7 Å². The molecule has 0 saturated carbocycles. The van der Waals surface area contributed by atoms with Gasteiger partial charge in [-0.25, -0.2) is 18.3 Å². The first-order valence-corrected chi connectivity index (χ1v) is 37.9. The van der Waals surface area contributed by atoms with Crippen molar-refractivity contribution in [2.75, 3.05) is 0 Å². The Hall–Kier alpha value is -6.52. The van der Waals surface area contributed by atoms with Crippen LogP contribution in [0.2, 0.25) is 0 Å². The van der Waals surface area contributed by atoms with E-state index in [-0.39, 0.29) is 32.5 Å². The highest BCUT2D eigenvalue weighted by Crippen LogP contribution is 2.45. The van der Waals surface area contributed by atoms with Crippen molar-refractivity contribution in [2.24, 2.45) is 28.2 Å². The van der Waals surface area contributed by atoms with Crippen molar-refractivity contribution < 1.29 is 26.5 Å². The van der Waals surface area contributed by atoms with Crippen molar-refractivity contribution in [1.29, 1.82) is 0 Å². The fraction of sp³-hybridized carbons (Fsp3) is 0.532. The van der Waals surface area contributed by atoms with E-state index in [2.05, 4.69) is 298 Å². The summed E-state index contributed by atoms with van der Waals surface area (Å²) in [6.45, 7) is 55.0. The molecular weight excluding hydrogens is 1190 g/mol. The molecule has 4 aromatic heterocycles. The second kappa shape index (κ2) is 34.2. The Bertz CT molecular complexity index is 4210. The SMILES string of the molecule is CCC(C)(CC)c1c[n+](C)c(-c2ccc(C)cc2C)cc1C.CCC(C)(CC)c1cc(-c2ccc(C)cc2C)[n+](C)cc1C(C)(CC)CC.[2H]C([2H])([2H])c1ccc(-c2cc(C(C)(CC)CC)c(C(C)(CC)CC)c[n+]2C)c(C)c1.[2H]C([2H])([2H])c1ccc(-c2cc(C)c(C(C)(CC)CC)c[n+]2C)c(C)c1. The summed E-state index contributed by atoms with van der Waals surface area (Å²) in [4.78, 5) is 0.